The van der Waals surface area contributed by atoms with E-state index in [1.165, 1.54) is 0 Å². The monoisotopic (exact) mass is 289 g/mol. The molecule has 1 aliphatic heterocycles. The highest BCUT2D eigenvalue weighted by Gasteiger charge is 2.37. The average Bonchev–Trinajstić information content (AvgIpc) is 2.47. The average molecular weight is 289 g/mol. The molecule has 1 N–H and O–H groups in total. The Labute approximate surface area is 128 Å². The smallest absolute Gasteiger partial charge is 0.168 e. The Hall–Kier alpha value is -1.35. The summed E-state index contributed by atoms with van der Waals surface area (Å²) in [6.45, 7) is 10.1. The van der Waals surface area contributed by atoms with Gasteiger partial charge in [-0.2, -0.15) is 0 Å². The van der Waals surface area contributed by atoms with Gasteiger partial charge in [-0.15, -0.1) is 0 Å². The molecule has 0 spiro atoms. The lowest BCUT2D eigenvalue weighted by molar-refractivity contribution is 0.0707. The van der Waals surface area contributed by atoms with Crippen molar-refractivity contribution in [2.75, 3.05) is 13.1 Å². The van der Waals surface area contributed by atoms with Crippen molar-refractivity contribution in [2.45, 2.75) is 46.6 Å². The standard InChI is InChI=1S/C18H27NO2/c1-13(2)21-16-9-5-7-14(11-16)17(20)18(3,4)15-8-6-10-19-12-15/h5,7,9,11,13,15,19H,6,8,10,12H2,1-4H3. The predicted octanol–water partition coefficient (Wildman–Crippen LogP) is 3.68. The number of ether oxygens (including phenoxy) is 1. The van der Waals surface area contributed by atoms with Crippen LogP contribution in [0.15, 0.2) is 24.3 Å². The number of benzene rings is 1. The highest BCUT2D eigenvalue weighted by Crippen LogP contribution is 2.35. The van der Waals surface area contributed by atoms with Crippen molar-refractivity contribution >= 4 is 5.78 Å². The van der Waals surface area contributed by atoms with Crippen molar-refractivity contribution in [3.8, 4) is 5.75 Å². The fourth-order valence-corrected chi connectivity index (χ4v) is 3.01. The van der Waals surface area contributed by atoms with Gasteiger partial charge in [-0.3, -0.25) is 4.79 Å². The van der Waals surface area contributed by atoms with Crippen LogP contribution in [0.25, 0.3) is 0 Å². The third-order valence-electron chi connectivity index (χ3n) is 4.37. The number of carbonyl (C=O) groups excluding carboxylic acids is 1. The van der Waals surface area contributed by atoms with E-state index < -0.39 is 0 Å². The van der Waals surface area contributed by atoms with Crippen molar-refractivity contribution in [1.29, 1.82) is 0 Å². The van der Waals surface area contributed by atoms with Crippen LogP contribution in [0.5, 0.6) is 5.75 Å². The largest absolute Gasteiger partial charge is 0.491 e. The Bertz CT molecular complexity index is 488. The summed E-state index contributed by atoms with van der Waals surface area (Å²) >= 11 is 0. The SMILES string of the molecule is CC(C)Oc1cccc(C(=O)C(C)(C)C2CCCNC2)c1. The first-order chi connectivity index (χ1) is 9.91. The summed E-state index contributed by atoms with van der Waals surface area (Å²) in [5.41, 5.74) is 0.410. The van der Waals surface area contributed by atoms with Crippen LogP contribution in [0, 0.1) is 11.3 Å². The number of nitrogens with one attached hydrogen (secondary N) is 1. The zero-order valence-electron chi connectivity index (χ0n) is 13.6. The third-order valence-corrected chi connectivity index (χ3v) is 4.37. The second-order valence-corrected chi connectivity index (χ2v) is 6.79. The van der Waals surface area contributed by atoms with Gasteiger partial charge in [-0.05, 0) is 57.8 Å². The van der Waals surface area contributed by atoms with E-state index in [9.17, 15) is 4.79 Å². The molecule has 0 radical (unpaired) electrons. The molecular formula is C18H27NO2. The van der Waals surface area contributed by atoms with Gasteiger partial charge in [0.05, 0.1) is 6.10 Å². The van der Waals surface area contributed by atoms with Gasteiger partial charge in [0, 0.05) is 11.0 Å². The van der Waals surface area contributed by atoms with E-state index in [0.29, 0.717) is 5.92 Å². The maximum atomic E-state index is 12.9. The molecule has 0 saturated carbocycles. The topological polar surface area (TPSA) is 38.3 Å². The molecule has 0 aliphatic carbocycles. The predicted molar refractivity (Wildman–Crippen MR) is 85.9 cm³/mol. The summed E-state index contributed by atoms with van der Waals surface area (Å²) in [7, 11) is 0. The zero-order chi connectivity index (χ0) is 15.5. The minimum atomic E-state index is -0.343. The Morgan fingerprint density at radius 1 is 1.38 bits per heavy atom. The quantitative estimate of drug-likeness (QED) is 0.840. The Balaban J connectivity index is 2.17. The fourth-order valence-electron chi connectivity index (χ4n) is 3.01. The molecule has 1 atom stereocenters. The molecule has 1 aromatic rings. The van der Waals surface area contributed by atoms with Crippen molar-refractivity contribution < 1.29 is 9.53 Å². The first-order valence-corrected chi connectivity index (χ1v) is 7.93. The molecule has 1 heterocycles. The summed E-state index contributed by atoms with van der Waals surface area (Å²) < 4.78 is 5.70. The van der Waals surface area contributed by atoms with Gasteiger partial charge < -0.3 is 10.1 Å². The molecule has 1 unspecified atom stereocenters. The lowest BCUT2D eigenvalue weighted by Gasteiger charge is -2.36. The molecule has 1 aliphatic rings. The van der Waals surface area contributed by atoms with E-state index in [0.717, 1.165) is 37.2 Å². The highest BCUT2D eigenvalue weighted by atomic mass is 16.5. The van der Waals surface area contributed by atoms with Gasteiger partial charge in [0.2, 0.25) is 0 Å². The lowest BCUT2D eigenvalue weighted by atomic mass is 9.70. The second kappa shape index (κ2) is 6.61. The highest BCUT2D eigenvalue weighted by molar-refractivity contribution is 6.00. The third kappa shape index (κ3) is 3.85. The van der Waals surface area contributed by atoms with Gasteiger partial charge in [-0.1, -0.05) is 26.0 Å². The first-order valence-electron chi connectivity index (χ1n) is 7.93. The molecule has 1 fully saturated rings. The van der Waals surface area contributed by atoms with Crippen LogP contribution in [-0.2, 0) is 0 Å². The van der Waals surface area contributed by atoms with Crippen LogP contribution >= 0.6 is 0 Å². The Morgan fingerprint density at radius 3 is 2.76 bits per heavy atom. The summed E-state index contributed by atoms with van der Waals surface area (Å²) in [5.74, 6) is 1.38. The number of piperidine rings is 1. The van der Waals surface area contributed by atoms with Gasteiger partial charge in [0.1, 0.15) is 5.75 Å². The molecular weight excluding hydrogens is 262 g/mol. The molecule has 21 heavy (non-hydrogen) atoms. The minimum absolute atomic E-state index is 0.117. The molecule has 3 heteroatoms. The van der Waals surface area contributed by atoms with E-state index in [-0.39, 0.29) is 17.3 Å². The summed E-state index contributed by atoms with van der Waals surface area (Å²) in [6.07, 6.45) is 2.39. The molecule has 0 bridgehead atoms. The van der Waals surface area contributed by atoms with Crippen molar-refractivity contribution in [3.05, 3.63) is 29.8 Å². The van der Waals surface area contributed by atoms with E-state index >= 15 is 0 Å². The van der Waals surface area contributed by atoms with Gasteiger partial charge in [0.25, 0.3) is 0 Å². The maximum Gasteiger partial charge on any atom is 0.168 e. The van der Waals surface area contributed by atoms with E-state index in [4.69, 9.17) is 4.74 Å². The maximum absolute atomic E-state index is 12.9. The summed E-state index contributed by atoms with van der Waals surface area (Å²) in [6, 6.07) is 7.58. The number of Topliss-reactive ketones (excluding diaryl/α,β-unsaturated/α-hetero) is 1. The van der Waals surface area contributed by atoms with Crippen LogP contribution in [0.3, 0.4) is 0 Å². The number of rotatable bonds is 5. The molecule has 116 valence electrons. The number of hydrogen-bond donors (Lipinski definition) is 1. The number of ketones is 1. The number of hydrogen-bond acceptors (Lipinski definition) is 3. The second-order valence-electron chi connectivity index (χ2n) is 6.79. The molecule has 1 aromatic carbocycles. The fraction of sp³-hybridized carbons (Fsp3) is 0.611. The van der Waals surface area contributed by atoms with Crippen molar-refractivity contribution in [2.24, 2.45) is 11.3 Å². The summed E-state index contributed by atoms with van der Waals surface area (Å²) in [4.78, 5) is 12.9. The van der Waals surface area contributed by atoms with Gasteiger partial charge in [0.15, 0.2) is 5.78 Å². The van der Waals surface area contributed by atoms with Gasteiger partial charge >= 0.3 is 0 Å². The zero-order valence-corrected chi connectivity index (χ0v) is 13.6. The van der Waals surface area contributed by atoms with Crippen LogP contribution < -0.4 is 10.1 Å². The Kier molecular flexibility index (Phi) is 5.04. The Morgan fingerprint density at radius 2 is 2.14 bits per heavy atom. The van der Waals surface area contributed by atoms with Crippen LogP contribution in [0.2, 0.25) is 0 Å². The van der Waals surface area contributed by atoms with Gasteiger partial charge in [-0.25, -0.2) is 0 Å². The first kappa shape index (κ1) is 16.0. The molecule has 0 aromatic heterocycles. The number of carbonyl (C=O) groups is 1. The van der Waals surface area contributed by atoms with Crippen LogP contribution in [0.4, 0.5) is 0 Å². The van der Waals surface area contributed by atoms with E-state index in [1.54, 1.807) is 0 Å². The van der Waals surface area contributed by atoms with Crippen molar-refractivity contribution in [3.63, 3.8) is 0 Å². The van der Waals surface area contributed by atoms with Crippen LogP contribution in [-0.4, -0.2) is 25.0 Å². The summed E-state index contributed by atoms with van der Waals surface area (Å²) in [5, 5.41) is 3.41. The molecule has 1 saturated heterocycles. The van der Waals surface area contributed by atoms with E-state index in [1.807, 2.05) is 38.1 Å². The molecule has 0 amide bonds. The minimum Gasteiger partial charge on any atom is -0.491 e. The molecule has 3 nitrogen and oxygen atoms in total. The lowest BCUT2D eigenvalue weighted by Crippen LogP contribution is -2.42. The normalized spacial score (nSPS) is 19.6. The van der Waals surface area contributed by atoms with Crippen LogP contribution in [0.1, 0.15) is 50.9 Å². The van der Waals surface area contributed by atoms with Crippen molar-refractivity contribution in [1.82, 2.24) is 5.32 Å². The molecule has 2 rings (SSSR count). The van der Waals surface area contributed by atoms with E-state index in [2.05, 4.69) is 19.2 Å².